The van der Waals surface area contributed by atoms with E-state index in [0.717, 1.165) is 6.54 Å². The van der Waals surface area contributed by atoms with Crippen molar-refractivity contribution in [1.29, 1.82) is 0 Å². The van der Waals surface area contributed by atoms with Gasteiger partial charge in [0.05, 0.1) is 28.7 Å². The van der Waals surface area contributed by atoms with E-state index in [4.69, 9.17) is 11.6 Å². The lowest BCUT2D eigenvalue weighted by atomic mass is 10.1. The molecule has 1 atom stereocenters. The number of hydrogen-bond donors (Lipinski definition) is 2. The first-order valence-corrected chi connectivity index (χ1v) is 9.18. The number of carbonyl (C=O) groups is 2. The average molecular weight is 387 g/mol. The minimum atomic E-state index is -0.422. The Morgan fingerprint density at radius 2 is 1.96 bits per heavy atom. The summed E-state index contributed by atoms with van der Waals surface area (Å²) >= 11 is 6.11. The van der Waals surface area contributed by atoms with Crippen LogP contribution in [0.15, 0.2) is 42.5 Å². The van der Waals surface area contributed by atoms with Crippen LogP contribution >= 0.6 is 11.6 Å². The number of halogens is 1. The SMILES string of the molecule is CC(NCCN(C)C)C(=O)N1c2ccc(Cl)cc2NC(=O)c2ccccc21. The van der Waals surface area contributed by atoms with Crippen molar-refractivity contribution in [2.45, 2.75) is 13.0 Å². The van der Waals surface area contributed by atoms with Crippen molar-refractivity contribution in [3.8, 4) is 0 Å². The fourth-order valence-corrected chi connectivity index (χ4v) is 3.18. The molecule has 27 heavy (non-hydrogen) atoms. The molecule has 0 spiro atoms. The summed E-state index contributed by atoms with van der Waals surface area (Å²) in [4.78, 5) is 29.6. The quantitative estimate of drug-likeness (QED) is 0.828. The van der Waals surface area contributed by atoms with Gasteiger partial charge in [0.1, 0.15) is 0 Å². The molecule has 0 aromatic heterocycles. The Labute approximate surface area is 164 Å². The summed E-state index contributed by atoms with van der Waals surface area (Å²) in [6.07, 6.45) is 0. The molecule has 0 saturated heterocycles. The molecule has 0 radical (unpaired) electrons. The van der Waals surface area contributed by atoms with Crippen molar-refractivity contribution >= 4 is 40.5 Å². The van der Waals surface area contributed by atoms with Gasteiger partial charge in [0.2, 0.25) is 5.91 Å². The van der Waals surface area contributed by atoms with E-state index in [1.807, 2.05) is 32.0 Å². The minimum absolute atomic E-state index is 0.138. The van der Waals surface area contributed by atoms with E-state index in [0.29, 0.717) is 34.2 Å². The predicted molar refractivity (Wildman–Crippen MR) is 109 cm³/mol. The third-order valence-electron chi connectivity index (χ3n) is 4.44. The molecular formula is C20H23ClN4O2. The van der Waals surface area contributed by atoms with Gasteiger partial charge < -0.3 is 15.5 Å². The zero-order chi connectivity index (χ0) is 19.6. The van der Waals surface area contributed by atoms with Crippen LogP contribution in [0.2, 0.25) is 5.02 Å². The molecule has 0 aliphatic carbocycles. The van der Waals surface area contributed by atoms with E-state index in [1.165, 1.54) is 0 Å². The Morgan fingerprint density at radius 3 is 2.70 bits per heavy atom. The predicted octanol–water partition coefficient (Wildman–Crippen LogP) is 3.11. The summed E-state index contributed by atoms with van der Waals surface area (Å²) in [7, 11) is 3.97. The van der Waals surface area contributed by atoms with Crippen LogP contribution in [0.25, 0.3) is 0 Å². The summed E-state index contributed by atoms with van der Waals surface area (Å²) < 4.78 is 0. The Kier molecular flexibility index (Phi) is 5.79. The normalized spacial score (nSPS) is 14.3. The van der Waals surface area contributed by atoms with Gasteiger partial charge in [-0.05, 0) is 51.4 Å². The lowest BCUT2D eigenvalue weighted by Gasteiger charge is -2.27. The number of fused-ring (bicyclic) bond motifs is 2. The zero-order valence-electron chi connectivity index (χ0n) is 15.6. The first-order valence-electron chi connectivity index (χ1n) is 8.80. The molecule has 6 nitrogen and oxygen atoms in total. The van der Waals surface area contributed by atoms with Crippen LogP contribution in [0.4, 0.5) is 17.1 Å². The van der Waals surface area contributed by atoms with Crippen molar-refractivity contribution < 1.29 is 9.59 Å². The van der Waals surface area contributed by atoms with Crippen LogP contribution < -0.4 is 15.5 Å². The first kappa shape index (κ1) is 19.4. The van der Waals surface area contributed by atoms with Gasteiger partial charge in [-0.1, -0.05) is 23.7 Å². The highest BCUT2D eigenvalue weighted by Crippen LogP contribution is 2.39. The molecule has 2 amide bonds. The summed E-state index contributed by atoms with van der Waals surface area (Å²) in [6.45, 7) is 3.33. The smallest absolute Gasteiger partial charge is 0.257 e. The monoisotopic (exact) mass is 386 g/mol. The van der Waals surface area contributed by atoms with Crippen LogP contribution in [-0.4, -0.2) is 49.9 Å². The number of rotatable bonds is 5. The van der Waals surface area contributed by atoms with Gasteiger partial charge in [-0.25, -0.2) is 0 Å². The van der Waals surface area contributed by atoms with Crippen molar-refractivity contribution in [3.63, 3.8) is 0 Å². The second-order valence-corrected chi connectivity index (χ2v) is 7.22. The molecule has 1 unspecified atom stereocenters. The number of benzene rings is 2. The number of likely N-dealkylation sites (N-methyl/N-ethyl adjacent to an activating group) is 1. The van der Waals surface area contributed by atoms with Crippen LogP contribution in [0.3, 0.4) is 0 Å². The van der Waals surface area contributed by atoms with Gasteiger partial charge in [-0.15, -0.1) is 0 Å². The molecule has 2 aromatic carbocycles. The van der Waals surface area contributed by atoms with Crippen LogP contribution in [-0.2, 0) is 4.79 Å². The molecule has 3 rings (SSSR count). The van der Waals surface area contributed by atoms with E-state index < -0.39 is 6.04 Å². The standard InChI is InChI=1S/C20H23ClN4O2/c1-13(22-10-11-24(2)3)20(27)25-17-7-5-4-6-15(17)19(26)23-16-12-14(21)8-9-18(16)25/h4-9,12-13,22H,10-11H2,1-3H3,(H,23,26). The van der Waals surface area contributed by atoms with Crippen LogP contribution in [0.1, 0.15) is 17.3 Å². The van der Waals surface area contributed by atoms with E-state index in [9.17, 15) is 9.59 Å². The number of hydrogen-bond acceptors (Lipinski definition) is 4. The maximum absolute atomic E-state index is 13.3. The molecule has 1 aliphatic heterocycles. The first-order chi connectivity index (χ1) is 12.9. The largest absolute Gasteiger partial charge is 0.320 e. The van der Waals surface area contributed by atoms with Crippen LogP contribution in [0, 0.1) is 0 Å². The van der Waals surface area contributed by atoms with E-state index in [1.54, 1.807) is 41.3 Å². The number of para-hydroxylation sites is 1. The van der Waals surface area contributed by atoms with E-state index >= 15 is 0 Å². The highest BCUT2D eigenvalue weighted by molar-refractivity contribution is 6.31. The van der Waals surface area contributed by atoms with Crippen molar-refractivity contribution in [3.05, 3.63) is 53.1 Å². The molecule has 1 heterocycles. The van der Waals surface area contributed by atoms with Gasteiger partial charge in [0.25, 0.3) is 5.91 Å². The Balaban J connectivity index is 2.01. The van der Waals surface area contributed by atoms with Gasteiger partial charge in [0.15, 0.2) is 0 Å². The summed E-state index contributed by atoms with van der Waals surface area (Å²) in [5.74, 6) is -0.404. The number of nitrogens with zero attached hydrogens (tertiary/aromatic N) is 2. The number of nitrogens with one attached hydrogen (secondary N) is 2. The molecule has 142 valence electrons. The number of amides is 2. The highest BCUT2D eigenvalue weighted by atomic mass is 35.5. The van der Waals surface area contributed by atoms with Crippen molar-refractivity contribution in [1.82, 2.24) is 10.2 Å². The lowest BCUT2D eigenvalue weighted by molar-refractivity contribution is -0.119. The van der Waals surface area contributed by atoms with Gasteiger partial charge in [-0.2, -0.15) is 0 Å². The highest BCUT2D eigenvalue weighted by Gasteiger charge is 2.31. The van der Waals surface area contributed by atoms with Crippen molar-refractivity contribution in [2.75, 3.05) is 37.4 Å². The van der Waals surface area contributed by atoms with E-state index in [-0.39, 0.29) is 11.8 Å². The second kappa shape index (κ2) is 8.08. The fraction of sp³-hybridized carbons (Fsp3) is 0.300. The lowest BCUT2D eigenvalue weighted by Crippen LogP contribution is -2.45. The third-order valence-corrected chi connectivity index (χ3v) is 4.67. The number of carbonyl (C=O) groups excluding carboxylic acids is 2. The molecule has 7 heteroatoms. The second-order valence-electron chi connectivity index (χ2n) is 6.79. The summed E-state index contributed by atoms with van der Waals surface area (Å²) in [5.41, 5.74) is 2.11. The van der Waals surface area contributed by atoms with Crippen molar-refractivity contribution in [2.24, 2.45) is 0 Å². The molecular weight excluding hydrogens is 364 g/mol. The topological polar surface area (TPSA) is 64.7 Å². The molecule has 0 saturated carbocycles. The molecule has 2 aromatic rings. The van der Waals surface area contributed by atoms with Gasteiger partial charge in [-0.3, -0.25) is 14.5 Å². The Bertz CT molecular complexity index is 869. The Hall–Kier alpha value is -2.41. The third kappa shape index (κ3) is 4.13. The molecule has 1 aliphatic rings. The van der Waals surface area contributed by atoms with Crippen LogP contribution in [0.5, 0.6) is 0 Å². The molecule has 2 N–H and O–H groups in total. The zero-order valence-corrected chi connectivity index (χ0v) is 16.4. The van der Waals surface area contributed by atoms with Gasteiger partial charge in [0, 0.05) is 18.1 Å². The minimum Gasteiger partial charge on any atom is -0.320 e. The maximum atomic E-state index is 13.3. The Morgan fingerprint density at radius 1 is 1.22 bits per heavy atom. The summed E-state index contributed by atoms with van der Waals surface area (Å²) in [6, 6.07) is 11.8. The number of anilines is 3. The summed E-state index contributed by atoms with van der Waals surface area (Å²) in [5, 5.41) is 6.60. The van der Waals surface area contributed by atoms with Gasteiger partial charge >= 0.3 is 0 Å². The molecule has 0 bridgehead atoms. The maximum Gasteiger partial charge on any atom is 0.257 e. The molecule has 0 fully saturated rings. The average Bonchev–Trinajstić information content (AvgIpc) is 2.74. The van der Waals surface area contributed by atoms with E-state index in [2.05, 4.69) is 10.6 Å². The fourth-order valence-electron chi connectivity index (χ4n) is 3.01.